The van der Waals surface area contributed by atoms with Gasteiger partial charge in [0, 0.05) is 12.2 Å². The second-order valence-electron chi connectivity index (χ2n) is 4.02. The molecule has 0 aromatic carbocycles. The topological polar surface area (TPSA) is 55.1 Å². The molecule has 15 heavy (non-hydrogen) atoms. The average molecular weight is 210 g/mol. The molecule has 4 nitrogen and oxygen atoms in total. The lowest BCUT2D eigenvalue weighted by Crippen LogP contribution is -2.11. The summed E-state index contributed by atoms with van der Waals surface area (Å²) in [6.07, 6.45) is 3.71. The Bertz CT molecular complexity index is 344. The standard InChI is InChI=1S/C11H18N2O2/c1-4-5-8(2)7-13-9(3)10(6-12-13)11(14)15/h6,8H,4-5,7H2,1-3H3,(H,14,15). The van der Waals surface area contributed by atoms with Gasteiger partial charge < -0.3 is 5.11 Å². The summed E-state index contributed by atoms with van der Waals surface area (Å²) >= 11 is 0. The first-order valence-electron chi connectivity index (χ1n) is 5.32. The zero-order valence-corrected chi connectivity index (χ0v) is 9.53. The Balaban J connectivity index is 2.74. The molecular formula is C11H18N2O2. The van der Waals surface area contributed by atoms with Crippen molar-refractivity contribution in [1.29, 1.82) is 0 Å². The van der Waals surface area contributed by atoms with Gasteiger partial charge in [-0.2, -0.15) is 5.10 Å². The zero-order valence-electron chi connectivity index (χ0n) is 9.53. The van der Waals surface area contributed by atoms with Crippen LogP contribution in [-0.4, -0.2) is 20.9 Å². The van der Waals surface area contributed by atoms with Crippen LogP contribution in [0.5, 0.6) is 0 Å². The predicted molar refractivity (Wildman–Crippen MR) is 58.0 cm³/mol. The van der Waals surface area contributed by atoms with Gasteiger partial charge in [0.15, 0.2) is 0 Å². The lowest BCUT2D eigenvalue weighted by Gasteiger charge is -2.11. The molecule has 84 valence electrons. The number of aromatic nitrogens is 2. The normalized spacial score (nSPS) is 12.7. The predicted octanol–water partition coefficient (Wildman–Crippen LogP) is 2.33. The van der Waals surface area contributed by atoms with Crippen molar-refractivity contribution >= 4 is 5.97 Å². The van der Waals surface area contributed by atoms with Gasteiger partial charge in [-0.1, -0.05) is 20.3 Å². The van der Waals surface area contributed by atoms with E-state index in [2.05, 4.69) is 18.9 Å². The third kappa shape index (κ3) is 2.81. The summed E-state index contributed by atoms with van der Waals surface area (Å²) in [5, 5.41) is 13.0. The monoisotopic (exact) mass is 210 g/mol. The fraction of sp³-hybridized carbons (Fsp3) is 0.636. The van der Waals surface area contributed by atoms with Crippen molar-refractivity contribution in [3.05, 3.63) is 17.5 Å². The van der Waals surface area contributed by atoms with Crippen molar-refractivity contribution in [2.45, 2.75) is 40.2 Å². The number of hydrogen-bond donors (Lipinski definition) is 1. The van der Waals surface area contributed by atoms with Gasteiger partial charge >= 0.3 is 5.97 Å². The number of nitrogens with zero attached hydrogens (tertiary/aromatic N) is 2. The Hall–Kier alpha value is -1.32. The largest absolute Gasteiger partial charge is 0.478 e. The van der Waals surface area contributed by atoms with E-state index in [1.165, 1.54) is 6.20 Å². The van der Waals surface area contributed by atoms with Crippen LogP contribution in [0.25, 0.3) is 0 Å². The molecule has 0 aliphatic rings. The van der Waals surface area contributed by atoms with Crippen LogP contribution in [0.4, 0.5) is 0 Å². The van der Waals surface area contributed by atoms with E-state index in [-0.39, 0.29) is 0 Å². The van der Waals surface area contributed by atoms with E-state index >= 15 is 0 Å². The van der Waals surface area contributed by atoms with Gasteiger partial charge in [-0.05, 0) is 19.3 Å². The van der Waals surface area contributed by atoms with Crippen LogP contribution in [0.15, 0.2) is 6.20 Å². The van der Waals surface area contributed by atoms with Crippen molar-refractivity contribution < 1.29 is 9.90 Å². The van der Waals surface area contributed by atoms with Gasteiger partial charge in [0.25, 0.3) is 0 Å². The summed E-state index contributed by atoms with van der Waals surface area (Å²) in [6, 6.07) is 0. The minimum absolute atomic E-state index is 0.304. The van der Waals surface area contributed by atoms with Crippen LogP contribution in [0, 0.1) is 12.8 Å². The summed E-state index contributed by atoms with van der Waals surface area (Å²) in [6.45, 7) is 6.91. The molecule has 1 aromatic rings. The van der Waals surface area contributed by atoms with E-state index in [4.69, 9.17) is 5.11 Å². The smallest absolute Gasteiger partial charge is 0.339 e. The molecule has 0 bridgehead atoms. The molecule has 0 fully saturated rings. The summed E-state index contributed by atoms with van der Waals surface area (Å²) < 4.78 is 1.78. The SMILES string of the molecule is CCCC(C)Cn1ncc(C(=O)O)c1C. The Morgan fingerprint density at radius 1 is 1.67 bits per heavy atom. The minimum Gasteiger partial charge on any atom is -0.478 e. The summed E-state index contributed by atoms with van der Waals surface area (Å²) in [5.41, 5.74) is 1.05. The zero-order chi connectivity index (χ0) is 11.4. The number of carboxylic acid groups (broad SMARTS) is 1. The summed E-state index contributed by atoms with van der Waals surface area (Å²) in [7, 11) is 0. The third-order valence-corrected chi connectivity index (χ3v) is 2.60. The first-order chi connectivity index (χ1) is 7.06. The van der Waals surface area contributed by atoms with Crippen LogP contribution in [0.3, 0.4) is 0 Å². The van der Waals surface area contributed by atoms with Gasteiger partial charge in [-0.3, -0.25) is 4.68 Å². The van der Waals surface area contributed by atoms with Crippen LogP contribution >= 0.6 is 0 Å². The molecule has 0 aliphatic carbocycles. The Kier molecular flexibility index (Phi) is 3.88. The third-order valence-electron chi connectivity index (χ3n) is 2.60. The maximum atomic E-state index is 10.8. The van der Waals surface area contributed by atoms with Crippen molar-refractivity contribution in [3.8, 4) is 0 Å². The fourth-order valence-corrected chi connectivity index (χ4v) is 1.72. The molecule has 1 aromatic heterocycles. The molecule has 0 saturated carbocycles. The highest BCUT2D eigenvalue weighted by atomic mass is 16.4. The number of carboxylic acids is 1. The van der Waals surface area contributed by atoms with E-state index in [1.54, 1.807) is 11.6 Å². The lowest BCUT2D eigenvalue weighted by molar-refractivity contribution is 0.0696. The van der Waals surface area contributed by atoms with Gasteiger partial charge in [-0.25, -0.2) is 4.79 Å². The molecule has 0 spiro atoms. The van der Waals surface area contributed by atoms with Gasteiger partial charge in [0.1, 0.15) is 5.56 Å². The molecule has 1 atom stereocenters. The van der Waals surface area contributed by atoms with Crippen molar-refractivity contribution in [3.63, 3.8) is 0 Å². The molecular weight excluding hydrogens is 192 g/mol. The van der Waals surface area contributed by atoms with E-state index in [1.807, 2.05) is 0 Å². The molecule has 1 rings (SSSR count). The quantitative estimate of drug-likeness (QED) is 0.811. The van der Waals surface area contributed by atoms with E-state index in [9.17, 15) is 4.79 Å². The van der Waals surface area contributed by atoms with Crippen LogP contribution in [0.1, 0.15) is 42.7 Å². The second-order valence-corrected chi connectivity index (χ2v) is 4.02. The second kappa shape index (κ2) is 4.96. The molecule has 1 unspecified atom stereocenters. The first kappa shape index (κ1) is 11.8. The van der Waals surface area contributed by atoms with E-state index < -0.39 is 5.97 Å². The Labute approximate surface area is 89.9 Å². The molecule has 1 heterocycles. The number of hydrogen-bond acceptors (Lipinski definition) is 2. The fourth-order valence-electron chi connectivity index (χ4n) is 1.72. The number of rotatable bonds is 5. The molecule has 0 aliphatic heterocycles. The molecule has 0 radical (unpaired) electrons. The Morgan fingerprint density at radius 3 is 2.80 bits per heavy atom. The maximum Gasteiger partial charge on any atom is 0.339 e. The van der Waals surface area contributed by atoms with Crippen LogP contribution < -0.4 is 0 Å². The minimum atomic E-state index is -0.901. The van der Waals surface area contributed by atoms with Crippen molar-refractivity contribution in [1.82, 2.24) is 9.78 Å². The van der Waals surface area contributed by atoms with Gasteiger partial charge in [0.05, 0.1) is 6.20 Å². The van der Waals surface area contributed by atoms with Gasteiger partial charge in [0.2, 0.25) is 0 Å². The number of aromatic carboxylic acids is 1. The molecule has 4 heteroatoms. The molecule has 0 saturated heterocycles. The Morgan fingerprint density at radius 2 is 2.33 bits per heavy atom. The average Bonchev–Trinajstić information content (AvgIpc) is 2.48. The maximum absolute atomic E-state index is 10.8. The summed E-state index contributed by atoms with van der Waals surface area (Å²) in [5.74, 6) is -0.364. The van der Waals surface area contributed by atoms with Crippen LogP contribution in [-0.2, 0) is 6.54 Å². The lowest BCUT2D eigenvalue weighted by atomic mass is 10.1. The first-order valence-corrected chi connectivity index (χ1v) is 5.32. The van der Waals surface area contributed by atoms with Crippen molar-refractivity contribution in [2.24, 2.45) is 5.92 Å². The highest BCUT2D eigenvalue weighted by molar-refractivity contribution is 5.88. The van der Waals surface area contributed by atoms with E-state index in [0.29, 0.717) is 11.5 Å². The highest BCUT2D eigenvalue weighted by Gasteiger charge is 2.13. The van der Waals surface area contributed by atoms with Gasteiger partial charge in [-0.15, -0.1) is 0 Å². The van der Waals surface area contributed by atoms with E-state index in [0.717, 1.165) is 25.1 Å². The van der Waals surface area contributed by atoms with Crippen LogP contribution in [0.2, 0.25) is 0 Å². The molecule has 0 amide bonds. The van der Waals surface area contributed by atoms with Crippen molar-refractivity contribution in [2.75, 3.05) is 0 Å². The highest BCUT2D eigenvalue weighted by Crippen LogP contribution is 2.12. The summed E-state index contributed by atoms with van der Waals surface area (Å²) in [4.78, 5) is 10.8. The number of carbonyl (C=O) groups is 1. The molecule has 1 N–H and O–H groups in total.